The van der Waals surface area contributed by atoms with Crippen molar-refractivity contribution in [2.45, 2.75) is 49.5 Å². The molecule has 0 saturated carbocycles. The van der Waals surface area contributed by atoms with Crippen molar-refractivity contribution in [3.05, 3.63) is 16.8 Å². The van der Waals surface area contributed by atoms with E-state index in [9.17, 15) is 8.42 Å². The van der Waals surface area contributed by atoms with Crippen molar-refractivity contribution in [1.82, 2.24) is 9.21 Å². The molecule has 0 aliphatic carbocycles. The number of thiophene rings is 1. The van der Waals surface area contributed by atoms with Gasteiger partial charge in [-0.15, -0.1) is 0 Å². The highest BCUT2D eigenvalue weighted by Crippen LogP contribution is 2.28. The fraction of sp³-hybridized carbons (Fsp3) is 0.733. The van der Waals surface area contributed by atoms with Crippen LogP contribution in [0.2, 0.25) is 0 Å². The van der Waals surface area contributed by atoms with Crippen LogP contribution in [0.5, 0.6) is 0 Å². The van der Waals surface area contributed by atoms with Crippen LogP contribution in [0.3, 0.4) is 0 Å². The molecular weight excluding hydrogens is 304 g/mol. The minimum absolute atomic E-state index is 0.184. The number of rotatable bonds is 5. The van der Waals surface area contributed by atoms with E-state index in [-0.39, 0.29) is 6.04 Å². The summed E-state index contributed by atoms with van der Waals surface area (Å²) in [5.41, 5.74) is 0. The number of likely N-dealkylation sites (tertiary alicyclic amines) is 1. The second kappa shape index (κ2) is 6.77. The molecule has 4 nitrogen and oxygen atoms in total. The highest BCUT2D eigenvalue weighted by molar-refractivity contribution is 7.89. The van der Waals surface area contributed by atoms with E-state index >= 15 is 0 Å². The summed E-state index contributed by atoms with van der Waals surface area (Å²) in [6.45, 7) is 4.09. The first-order valence-electron chi connectivity index (χ1n) is 7.94. The zero-order valence-corrected chi connectivity index (χ0v) is 14.0. The fourth-order valence-electron chi connectivity index (χ4n) is 3.45. The minimum atomic E-state index is -3.29. The monoisotopic (exact) mass is 328 g/mol. The fourth-order valence-corrected chi connectivity index (χ4v) is 6.19. The van der Waals surface area contributed by atoms with Crippen LogP contribution in [0.15, 0.2) is 21.7 Å². The lowest BCUT2D eigenvalue weighted by Crippen LogP contribution is -2.44. The number of piperidine rings is 1. The standard InChI is InChI=1S/C15H24N2O2S2/c18-21(19,15-7-12-20-13-15)17-10-2-1-5-14(17)6-11-16-8-3-4-9-16/h7,12-14H,1-6,8-11H2/t14-/m0/s1. The number of nitrogens with zero attached hydrogens (tertiary/aromatic N) is 2. The maximum absolute atomic E-state index is 12.8. The quantitative estimate of drug-likeness (QED) is 0.834. The molecule has 21 heavy (non-hydrogen) atoms. The second-order valence-electron chi connectivity index (χ2n) is 6.06. The lowest BCUT2D eigenvalue weighted by molar-refractivity contribution is 0.213. The predicted molar refractivity (Wildman–Crippen MR) is 86.1 cm³/mol. The Labute approximate surface area is 131 Å². The molecule has 2 saturated heterocycles. The van der Waals surface area contributed by atoms with Crippen molar-refractivity contribution >= 4 is 21.4 Å². The van der Waals surface area contributed by atoms with Crippen LogP contribution >= 0.6 is 11.3 Å². The van der Waals surface area contributed by atoms with Crippen molar-refractivity contribution in [3.8, 4) is 0 Å². The molecule has 0 unspecified atom stereocenters. The van der Waals surface area contributed by atoms with Gasteiger partial charge in [0.05, 0.1) is 4.90 Å². The summed E-state index contributed by atoms with van der Waals surface area (Å²) in [6, 6.07) is 1.91. The van der Waals surface area contributed by atoms with Crippen molar-refractivity contribution in [2.75, 3.05) is 26.2 Å². The molecule has 0 amide bonds. The molecule has 3 rings (SSSR count). The summed E-state index contributed by atoms with van der Waals surface area (Å²) in [6.07, 6.45) is 6.72. The molecule has 6 heteroatoms. The van der Waals surface area contributed by atoms with Crippen LogP contribution in [-0.2, 0) is 10.0 Å². The minimum Gasteiger partial charge on any atom is -0.303 e. The maximum atomic E-state index is 12.8. The van der Waals surface area contributed by atoms with Crippen molar-refractivity contribution in [2.24, 2.45) is 0 Å². The molecule has 2 fully saturated rings. The van der Waals surface area contributed by atoms with Gasteiger partial charge >= 0.3 is 0 Å². The highest BCUT2D eigenvalue weighted by atomic mass is 32.2. The lowest BCUT2D eigenvalue weighted by atomic mass is 10.0. The van der Waals surface area contributed by atoms with Gasteiger partial charge in [0.1, 0.15) is 0 Å². The van der Waals surface area contributed by atoms with Gasteiger partial charge in [0.15, 0.2) is 0 Å². The van der Waals surface area contributed by atoms with Crippen molar-refractivity contribution in [1.29, 1.82) is 0 Å². The Bertz CT molecular complexity index is 536. The van der Waals surface area contributed by atoms with E-state index in [1.54, 1.807) is 15.8 Å². The Morgan fingerprint density at radius 3 is 2.62 bits per heavy atom. The van der Waals surface area contributed by atoms with Crippen LogP contribution in [0.25, 0.3) is 0 Å². The molecule has 2 aliphatic rings. The third kappa shape index (κ3) is 3.50. The third-order valence-electron chi connectivity index (χ3n) is 4.65. The Hall–Kier alpha value is -0.430. The van der Waals surface area contributed by atoms with Gasteiger partial charge in [0.2, 0.25) is 10.0 Å². The largest absolute Gasteiger partial charge is 0.303 e. The third-order valence-corrected chi connectivity index (χ3v) is 7.43. The molecule has 0 bridgehead atoms. The van der Waals surface area contributed by atoms with Gasteiger partial charge in [-0.2, -0.15) is 15.6 Å². The smallest absolute Gasteiger partial charge is 0.244 e. The van der Waals surface area contributed by atoms with E-state index in [1.165, 1.54) is 37.3 Å². The van der Waals surface area contributed by atoms with E-state index in [4.69, 9.17) is 0 Å². The van der Waals surface area contributed by atoms with Gasteiger partial charge in [0.25, 0.3) is 0 Å². The van der Waals surface area contributed by atoms with Crippen LogP contribution in [0.4, 0.5) is 0 Å². The second-order valence-corrected chi connectivity index (χ2v) is 8.73. The average molecular weight is 329 g/mol. The molecule has 1 atom stereocenters. The molecule has 118 valence electrons. The molecule has 0 spiro atoms. The van der Waals surface area contributed by atoms with E-state index in [0.717, 1.165) is 32.2 Å². The Morgan fingerprint density at radius 2 is 1.90 bits per heavy atom. The average Bonchev–Trinajstić information content (AvgIpc) is 3.18. The zero-order chi connectivity index (χ0) is 14.7. The molecule has 0 aromatic carbocycles. The molecule has 0 N–H and O–H groups in total. The van der Waals surface area contributed by atoms with Crippen LogP contribution in [0.1, 0.15) is 38.5 Å². The molecule has 1 aromatic rings. The maximum Gasteiger partial charge on any atom is 0.244 e. The van der Waals surface area contributed by atoms with Gasteiger partial charge < -0.3 is 4.90 Å². The summed E-state index contributed by atoms with van der Waals surface area (Å²) in [5.74, 6) is 0. The molecular formula is C15H24N2O2S2. The Kier molecular flexibility index (Phi) is 4.99. The van der Waals surface area contributed by atoms with Crippen LogP contribution in [0, 0.1) is 0 Å². The van der Waals surface area contributed by atoms with E-state index in [2.05, 4.69) is 4.90 Å². The lowest BCUT2D eigenvalue weighted by Gasteiger charge is -2.35. The van der Waals surface area contributed by atoms with Crippen molar-refractivity contribution in [3.63, 3.8) is 0 Å². The molecule has 2 aliphatic heterocycles. The summed E-state index contributed by atoms with van der Waals surface area (Å²) in [5, 5.41) is 3.59. The normalized spacial score (nSPS) is 25.4. The van der Waals surface area contributed by atoms with Crippen LogP contribution in [-0.4, -0.2) is 49.8 Å². The summed E-state index contributed by atoms with van der Waals surface area (Å²) in [7, 11) is -3.29. The summed E-state index contributed by atoms with van der Waals surface area (Å²) < 4.78 is 27.3. The number of hydrogen-bond donors (Lipinski definition) is 0. The number of sulfonamides is 1. The summed E-state index contributed by atoms with van der Waals surface area (Å²) in [4.78, 5) is 2.95. The molecule has 0 radical (unpaired) electrons. The first-order chi connectivity index (χ1) is 10.2. The predicted octanol–water partition coefficient (Wildman–Crippen LogP) is 2.78. The first-order valence-corrected chi connectivity index (χ1v) is 10.3. The van der Waals surface area contributed by atoms with Crippen molar-refractivity contribution < 1.29 is 8.42 Å². The summed E-state index contributed by atoms with van der Waals surface area (Å²) >= 11 is 1.45. The molecule has 3 heterocycles. The Balaban J connectivity index is 1.69. The highest BCUT2D eigenvalue weighted by Gasteiger charge is 2.33. The number of hydrogen-bond acceptors (Lipinski definition) is 4. The van der Waals surface area contributed by atoms with Gasteiger partial charge in [-0.25, -0.2) is 8.42 Å². The Morgan fingerprint density at radius 1 is 1.14 bits per heavy atom. The zero-order valence-electron chi connectivity index (χ0n) is 12.4. The topological polar surface area (TPSA) is 40.6 Å². The van der Waals surface area contributed by atoms with Gasteiger partial charge in [0, 0.05) is 18.0 Å². The molecule has 1 aromatic heterocycles. The van der Waals surface area contributed by atoms with Gasteiger partial charge in [-0.1, -0.05) is 6.42 Å². The van der Waals surface area contributed by atoms with E-state index in [0.29, 0.717) is 11.4 Å². The van der Waals surface area contributed by atoms with E-state index < -0.39 is 10.0 Å². The van der Waals surface area contributed by atoms with Gasteiger partial charge in [-0.05, 0) is 63.2 Å². The van der Waals surface area contributed by atoms with Crippen LogP contribution < -0.4 is 0 Å². The first kappa shape index (κ1) is 15.5. The SMILES string of the molecule is O=S(=O)(c1ccsc1)N1CCCC[C@H]1CCN1CCCC1. The van der Waals surface area contributed by atoms with Gasteiger partial charge in [-0.3, -0.25) is 0 Å². The van der Waals surface area contributed by atoms with E-state index in [1.807, 2.05) is 5.38 Å².